The summed E-state index contributed by atoms with van der Waals surface area (Å²) in [5.74, 6) is 0.741. The van der Waals surface area contributed by atoms with Crippen LogP contribution in [0.5, 0.6) is 0 Å². The van der Waals surface area contributed by atoms with E-state index < -0.39 is 0 Å². The fourth-order valence-corrected chi connectivity index (χ4v) is 2.39. The van der Waals surface area contributed by atoms with E-state index in [0.29, 0.717) is 17.3 Å². The summed E-state index contributed by atoms with van der Waals surface area (Å²) in [6.07, 6.45) is 0. The van der Waals surface area contributed by atoms with Gasteiger partial charge in [0.15, 0.2) is 0 Å². The highest BCUT2D eigenvalue weighted by Gasteiger charge is 2.18. The highest BCUT2D eigenvalue weighted by Crippen LogP contribution is 2.19. The highest BCUT2D eigenvalue weighted by molar-refractivity contribution is 5.95. The third-order valence-electron chi connectivity index (χ3n) is 3.86. The van der Waals surface area contributed by atoms with Crippen molar-refractivity contribution in [2.24, 2.45) is 0 Å². The van der Waals surface area contributed by atoms with Crippen LogP contribution in [-0.4, -0.2) is 16.0 Å². The zero-order chi connectivity index (χ0) is 17.1. The molecule has 122 valence electrons. The van der Waals surface area contributed by atoms with E-state index in [-0.39, 0.29) is 11.9 Å². The van der Waals surface area contributed by atoms with Crippen LogP contribution >= 0.6 is 0 Å². The van der Waals surface area contributed by atoms with Crippen LogP contribution < -0.4 is 5.32 Å². The first kappa shape index (κ1) is 15.9. The minimum Gasteiger partial charge on any atom is -0.341 e. The number of rotatable bonds is 4. The van der Waals surface area contributed by atoms with Gasteiger partial charge in [-0.15, -0.1) is 0 Å². The molecule has 0 saturated heterocycles. The number of carbonyl (C=O) groups is 1. The summed E-state index contributed by atoms with van der Waals surface area (Å²) in [6.45, 7) is 5.75. The van der Waals surface area contributed by atoms with Crippen LogP contribution in [0.2, 0.25) is 0 Å². The zero-order valence-corrected chi connectivity index (χ0v) is 13.9. The minimum atomic E-state index is -0.371. The summed E-state index contributed by atoms with van der Waals surface area (Å²) in [7, 11) is 0. The SMILES string of the molecule is Cc1ccc(-c2noc([C@@H](C)NC(=O)c3ccccc3C)n2)cc1. The Morgan fingerprint density at radius 2 is 1.79 bits per heavy atom. The Labute approximate surface area is 140 Å². The predicted octanol–water partition coefficient (Wildman–Crippen LogP) is 3.84. The Kier molecular flexibility index (Phi) is 4.42. The van der Waals surface area contributed by atoms with Gasteiger partial charge in [-0.1, -0.05) is 53.2 Å². The lowest BCUT2D eigenvalue weighted by atomic mass is 10.1. The molecule has 24 heavy (non-hydrogen) atoms. The molecule has 1 N–H and O–H groups in total. The molecule has 2 aromatic carbocycles. The Hall–Kier alpha value is -2.95. The molecule has 0 bridgehead atoms. The van der Waals surface area contributed by atoms with Crippen molar-refractivity contribution in [2.45, 2.75) is 26.8 Å². The van der Waals surface area contributed by atoms with Crippen LogP contribution in [0.4, 0.5) is 0 Å². The maximum atomic E-state index is 12.4. The summed E-state index contributed by atoms with van der Waals surface area (Å²) in [6, 6.07) is 15.0. The van der Waals surface area contributed by atoms with Gasteiger partial charge in [0.05, 0.1) is 0 Å². The lowest BCUT2D eigenvalue weighted by Crippen LogP contribution is -2.27. The van der Waals surface area contributed by atoms with E-state index in [2.05, 4.69) is 15.5 Å². The Bertz CT molecular complexity index is 853. The fraction of sp³-hybridized carbons (Fsp3) is 0.211. The second-order valence-electron chi connectivity index (χ2n) is 5.83. The number of aryl methyl sites for hydroxylation is 2. The fourth-order valence-electron chi connectivity index (χ4n) is 2.39. The molecule has 0 fully saturated rings. The monoisotopic (exact) mass is 321 g/mol. The van der Waals surface area contributed by atoms with Gasteiger partial charge in [0.2, 0.25) is 11.7 Å². The van der Waals surface area contributed by atoms with E-state index in [1.54, 1.807) is 6.07 Å². The standard InChI is InChI=1S/C19H19N3O2/c1-12-8-10-15(11-9-12)17-21-19(24-22-17)14(3)20-18(23)16-7-5-4-6-13(16)2/h4-11,14H,1-3H3,(H,20,23)/t14-/m1/s1. The molecule has 0 aliphatic carbocycles. The Morgan fingerprint density at radius 3 is 2.50 bits per heavy atom. The second kappa shape index (κ2) is 6.66. The molecule has 1 amide bonds. The molecule has 0 spiro atoms. The van der Waals surface area contributed by atoms with Gasteiger partial charge in [0.1, 0.15) is 6.04 Å². The van der Waals surface area contributed by atoms with E-state index in [0.717, 1.165) is 11.1 Å². The molecule has 5 heteroatoms. The molecule has 0 unspecified atom stereocenters. The Balaban J connectivity index is 1.74. The average molecular weight is 321 g/mol. The van der Waals surface area contributed by atoms with Crippen LogP contribution in [0, 0.1) is 13.8 Å². The third-order valence-corrected chi connectivity index (χ3v) is 3.86. The minimum absolute atomic E-state index is 0.157. The van der Waals surface area contributed by atoms with Gasteiger partial charge >= 0.3 is 0 Å². The molecule has 1 atom stereocenters. The smallest absolute Gasteiger partial charge is 0.252 e. The maximum Gasteiger partial charge on any atom is 0.252 e. The van der Waals surface area contributed by atoms with Gasteiger partial charge in [-0.05, 0) is 32.4 Å². The quantitative estimate of drug-likeness (QED) is 0.792. The maximum absolute atomic E-state index is 12.4. The van der Waals surface area contributed by atoms with E-state index in [1.165, 1.54) is 5.56 Å². The average Bonchev–Trinajstić information content (AvgIpc) is 3.06. The van der Waals surface area contributed by atoms with Crippen molar-refractivity contribution in [1.29, 1.82) is 0 Å². The molecule has 0 aliphatic rings. The summed E-state index contributed by atoms with van der Waals surface area (Å²) in [5.41, 5.74) is 3.62. The summed E-state index contributed by atoms with van der Waals surface area (Å²) >= 11 is 0. The van der Waals surface area contributed by atoms with Crippen LogP contribution in [-0.2, 0) is 0 Å². The van der Waals surface area contributed by atoms with E-state index in [4.69, 9.17) is 4.52 Å². The first-order chi connectivity index (χ1) is 11.5. The first-order valence-electron chi connectivity index (χ1n) is 7.82. The van der Waals surface area contributed by atoms with Gasteiger partial charge in [0.25, 0.3) is 5.91 Å². The van der Waals surface area contributed by atoms with Crippen molar-refractivity contribution in [2.75, 3.05) is 0 Å². The summed E-state index contributed by atoms with van der Waals surface area (Å²) in [5, 5.41) is 6.89. The molecule has 3 rings (SSSR count). The van der Waals surface area contributed by atoms with E-state index in [9.17, 15) is 4.79 Å². The van der Waals surface area contributed by atoms with Crippen LogP contribution in [0.3, 0.4) is 0 Å². The number of hydrogen-bond acceptors (Lipinski definition) is 4. The molecule has 3 aromatic rings. The lowest BCUT2D eigenvalue weighted by molar-refractivity contribution is 0.0932. The van der Waals surface area contributed by atoms with Crippen LogP contribution in [0.1, 0.15) is 40.3 Å². The van der Waals surface area contributed by atoms with E-state index >= 15 is 0 Å². The number of carbonyl (C=O) groups excluding carboxylic acids is 1. The topological polar surface area (TPSA) is 68.0 Å². The molecular formula is C19H19N3O2. The molecule has 1 aromatic heterocycles. The number of benzene rings is 2. The predicted molar refractivity (Wildman–Crippen MR) is 91.5 cm³/mol. The molecule has 0 aliphatic heterocycles. The number of nitrogens with one attached hydrogen (secondary N) is 1. The number of amides is 1. The molecule has 1 heterocycles. The van der Waals surface area contributed by atoms with E-state index in [1.807, 2.05) is 63.2 Å². The van der Waals surface area contributed by atoms with Gasteiger partial charge < -0.3 is 9.84 Å². The lowest BCUT2D eigenvalue weighted by Gasteiger charge is -2.11. The third kappa shape index (κ3) is 3.35. The van der Waals surface area contributed by atoms with Crippen molar-refractivity contribution in [3.63, 3.8) is 0 Å². The molecule has 5 nitrogen and oxygen atoms in total. The van der Waals surface area contributed by atoms with Crippen molar-refractivity contribution in [1.82, 2.24) is 15.5 Å². The van der Waals surface area contributed by atoms with Gasteiger partial charge in [-0.25, -0.2) is 0 Å². The van der Waals surface area contributed by atoms with Crippen molar-refractivity contribution in [3.8, 4) is 11.4 Å². The van der Waals surface area contributed by atoms with Gasteiger partial charge in [0, 0.05) is 11.1 Å². The molecule has 0 saturated carbocycles. The summed E-state index contributed by atoms with van der Waals surface area (Å²) < 4.78 is 5.30. The van der Waals surface area contributed by atoms with Gasteiger partial charge in [-0.2, -0.15) is 4.98 Å². The number of aromatic nitrogens is 2. The summed E-state index contributed by atoms with van der Waals surface area (Å²) in [4.78, 5) is 16.7. The largest absolute Gasteiger partial charge is 0.341 e. The zero-order valence-electron chi connectivity index (χ0n) is 13.9. The highest BCUT2D eigenvalue weighted by atomic mass is 16.5. The molecular weight excluding hydrogens is 302 g/mol. The number of hydrogen-bond donors (Lipinski definition) is 1. The van der Waals surface area contributed by atoms with Gasteiger partial charge in [-0.3, -0.25) is 4.79 Å². The van der Waals surface area contributed by atoms with Crippen LogP contribution in [0.15, 0.2) is 53.1 Å². The van der Waals surface area contributed by atoms with Crippen LogP contribution in [0.25, 0.3) is 11.4 Å². The first-order valence-corrected chi connectivity index (χ1v) is 7.82. The molecule has 0 radical (unpaired) electrons. The van der Waals surface area contributed by atoms with Crippen molar-refractivity contribution in [3.05, 3.63) is 71.1 Å². The Morgan fingerprint density at radius 1 is 1.08 bits per heavy atom. The van der Waals surface area contributed by atoms with Crippen molar-refractivity contribution >= 4 is 5.91 Å². The number of nitrogens with zero attached hydrogens (tertiary/aromatic N) is 2. The second-order valence-corrected chi connectivity index (χ2v) is 5.83. The van der Waals surface area contributed by atoms with Crippen molar-refractivity contribution < 1.29 is 9.32 Å². The normalized spacial score (nSPS) is 12.0.